The fraction of sp³-hybridized carbons (Fsp3) is 0.158. The molecule has 0 saturated heterocycles. The number of carbonyl (C=O) groups is 1. The molecule has 0 bridgehead atoms. The highest BCUT2D eigenvalue weighted by molar-refractivity contribution is 6.31. The van der Waals surface area contributed by atoms with Gasteiger partial charge in [-0.3, -0.25) is 14.3 Å². The van der Waals surface area contributed by atoms with E-state index < -0.39 is 11.7 Å². The Morgan fingerprint density at radius 3 is 2.50 bits per heavy atom. The molecule has 3 rings (SSSR count). The molecule has 3 aromatic rings. The zero-order valence-electron chi connectivity index (χ0n) is 14.3. The number of anilines is 1. The van der Waals surface area contributed by atoms with E-state index >= 15 is 0 Å². The number of rotatable bonds is 4. The molecule has 1 amide bonds. The molecule has 0 aliphatic rings. The first-order valence-corrected chi connectivity index (χ1v) is 8.34. The summed E-state index contributed by atoms with van der Waals surface area (Å²) in [6.07, 6.45) is -0.259. The van der Waals surface area contributed by atoms with Crippen molar-refractivity contribution in [3.05, 3.63) is 81.0 Å². The molecule has 26 heavy (non-hydrogen) atoms. The van der Waals surface area contributed by atoms with Gasteiger partial charge in [0.15, 0.2) is 0 Å². The molecule has 0 spiro atoms. The largest absolute Gasteiger partial charge is 0.320 e. The van der Waals surface area contributed by atoms with E-state index in [0.717, 1.165) is 0 Å². The average Bonchev–Trinajstić information content (AvgIpc) is 2.82. The Bertz CT molecular complexity index is 1010. The first kappa shape index (κ1) is 17.9. The number of para-hydroxylation sites is 1. The maximum absolute atomic E-state index is 13.9. The third-order valence-electron chi connectivity index (χ3n) is 4.22. The Kier molecular flexibility index (Phi) is 4.95. The summed E-state index contributed by atoms with van der Waals surface area (Å²) in [7, 11) is 1.73. The molecule has 0 atom stereocenters. The normalized spacial score (nSPS) is 10.8. The first-order chi connectivity index (χ1) is 12.4. The number of hydrogen-bond acceptors (Lipinski definition) is 2. The number of nitrogens with one attached hydrogen (secondary N) is 1. The topological polar surface area (TPSA) is 56.0 Å². The van der Waals surface area contributed by atoms with Gasteiger partial charge in [0.1, 0.15) is 11.5 Å². The van der Waals surface area contributed by atoms with E-state index in [1.807, 2.05) is 18.2 Å². The van der Waals surface area contributed by atoms with Crippen molar-refractivity contribution >= 4 is 23.2 Å². The van der Waals surface area contributed by atoms with Crippen LogP contribution >= 0.6 is 11.6 Å². The van der Waals surface area contributed by atoms with Crippen LogP contribution in [0.1, 0.15) is 11.3 Å². The summed E-state index contributed by atoms with van der Waals surface area (Å²) in [5.41, 5.74) is 1.18. The first-order valence-electron chi connectivity index (χ1n) is 7.97. The number of carbonyl (C=O) groups excluding carboxylic acids is 1. The van der Waals surface area contributed by atoms with Gasteiger partial charge in [0.25, 0.3) is 5.56 Å². The highest BCUT2D eigenvalue weighted by atomic mass is 35.5. The van der Waals surface area contributed by atoms with E-state index in [1.54, 1.807) is 30.8 Å². The van der Waals surface area contributed by atoms with E-state index in [4.69, 9.17) is 11.6 Å². The zero-order chi connectivity index (χ0) is 18.8. The summed E-state index contributed by atoms with van der Waals surface area (Å²) < 4.78 is 17.0. The Morgan fingerprint density at radius 2 is 1.85 bits per heavy atom. The van der Waals surface area contributed by atoms with Crippen LogP contribution in [0, 0.1) is 12.7 Å². The van der Waals surface area contributed by atoms with Crippen LogP contribution in [0.15, 0.2) is 53.3 Å². The lowest BCUT2D eigenvalue weighted by atomic mass is 10.1. The molecule has 0 fully saturated rings. The smallest absolute Gasteiger partial charge is 0.295 e. The van der Waals surface area contributed by atoms with Gasteiger partial charge >= 0.3 is 0 Å². The molecule has 0 radical (unpaired) electrons. The van der Waals surface area contributed by atoms with Crippen molar-refractivity contribution in [2.45, 2.75) is 13.3 Å². The Hall–Kier alpha value is -2.86. The maximum atomic E-state index is 13.9. The van der Waals surface area contributed by atoms with E-state index in [0.29, 0.717) is 11.4 Å². The number of hydrogen-bond donors (Lipinski definition) is 1. The molecular weight excluding hydrogens is 357 g/mol. The molecule has 2 aromatic carbocycles. The second-order valence-corrected chi connectivity index (χ2v) is 6.27. The second kappa shape index (κ2) is 7.17. The third-order valence-corrected chi connectivity index (χ3v) is 4.57. The van der Waals surface area contributed by atoms with Crippen LogP contribution in [0.5, 0.6) is 0 Å². The van der Waals surface area contributed by atoms with E-state index in [-0.39, 0.29) is 28.3 Å². The third kappa shape index (κ3) is 3.28. The SMILES string of the molecule is Cc1c(NC(=O)Cc2c(F)cccc2Cl)c(=O)n(-c2ccccc2)n1C. The van der Waals surface area contributed by atoms with Crippen molar-refractivity contribution in [1.29, 1.82) is 0 Å². The van der Waals surface area contributed by atoms with Crippen molar-refractivity contribution in [2.24, 2.45) is 7.05 Å². The predicted octanol–water partition coefficient (Wildman–Crippen LogP) is 3.46. The number of aromatic nitrogens is 2. The van der Waals surface area contributed by atoms with Gasteiger partial charge in [-0.25, -0.2) is 9.07 Å². The summed E-state index contributed by atoms with van der Waals surface area (Å²) in [5.74, 6) is -1.07. The molecule has 7 heteroatoms. The lowest BCUT2D eigenvalue weighted by Crippen LogP contribution is -2.23. The van der Waals surface area contributed by atoms with Gasteiger partial charge in [-0.05, 0) is 31.2 Å². The van der Waals surface area contributed by atoms with Crippen LogP contribution in [-0.4, -0.2) is 15.3 Å². The number of benzene rings is 2. The van der Waals surface area contributed by atoms with Crippen LogP contribution in [0.4, 0.5) is 10.1 Å². The van der Waals surface area contributed by atoms with Gasteiger partial charge in [0.2, 0.25) is 5.91 Å². The fourth-order valence-corrected chi connectivity index (χ4v) is 2.99. The van der Waals surface area contributed by atoms with Crippen LogP contribution < -0.4 is 10.9 Å². The summed E-state index contributed by atoms with van der Waals surface area (Å²) in [6, 6.07) is 13.3. The molecule has 1 N–H and O–H groups in total. The van der Waals surface area contributed by atoms with E-state index in [2.05, 4.69) is 5.32 Å². The lowest BCUT2D eigenvalue weighted by molar-refractivity contribution is -0.115. The zero-order valence-corrected chi connectivity index (χ0v) is 15.0. The minimum absolute atomic E-state index is 0.101. The van der Waals surface area contributed by atoms with Gasteiger partial charge in [-0.15, -0.1) is 0 Å². The summed E-state index contributed by atoms with van der Waals surface area (Å²) >= 11 is 5.96. The highest BCUT2D eigenvalue weighted by Crippen LogP contribution is 2.20. The number of amides is 1. The van der Waals surface area contributed by atoms with E-state index in [1.165, 1.54) is 22.9 Å². The number of halogens is 2. The van der Waals surface area contributed by atoms with Crippen LogP contribution in [-0.2, 0) is 18.3 Å². The van der Waals surface area contributed by atoms with Crippen LogP contribution in [0.25, 0.3) is 5.69 Å². The standard InChI is InChI=1S/C19H17ClFN3O2/c1-12-18(19(26)24(23(12)2)13-7-4-3-5-8-13)22-17(25)11-14-15(20)9-6-10-16(14)21/h3-10H,11H2,1-2H3,(H,22,25). The fourth-order valence-electron chi connectivity index (χ4n) is 2.76. The van der Waals surface area contributed by atoms with Gasteiger partial charge < -0.3 is 5.32 Å². The van der Waals surface area contributed by atoms with Crippen LogP contribution in [0.2, 0.25) is 5.02 Å². The molecule has 5 nitrogen and oxygen atoms in total. The van der Waals surface area contributed by atoms with Gasteiger partial charge in [-0.2, -0.15) is 0 Å². The van der Waals surface area contributed by atoms with Crippen molar-refractivity contribution in [2.75, 3.05) is 5.32 Å². The number of nitrogens with zero attached hydrogens (tertiary/aromatic N) is 2. The van der Waals surface area contributed by atoms with Gasteiger partial charge in [0.05, 0.1) is 17.8 Å². The molecule has 0 unspecified atom stereocenters. The lowest BCUT2D eigenvalue weighted by Gasteiger charge is -2.07. The second-order valence-electron chi connectivity index (χ2n) is 5.86. The maximum Gasteiger partial charge on any atom is 0.295 e. The van der Waals surface area contributed by atoms with Gasteiger partial charge in [0, 0.05) is 17.6 Å². The molecule has 1 heterocycles. The van der Waals surface area contributed by atoms with Crippen molar-refractivity contribution in [1.82, 2.24) is 9.36 Å². The van der Waals surface area contributed by atoms with Crippen molar-refractivity contribution in [3.8, 4) is 5.69 Å². The van der Waals surface area contributed by atoms with Crippen LogP contribution in [0.3, 0.4) is 0 Å². The molecule has 0 saturated carbocycles. The summed E-state index contributed by atoms with van der Waals surface area (Å²) in [6.45, 7) is 1.73. The minimum Gasteiger partial charge on any atom is -0.320 e. The average molecular weight is 374 g/mol. The highest BCUT2D eigenvalue weighted by Gasteiger charge is 2.19. The van der Waals surface area contributed by atoms with Gasteiger partial charge in [-0.1, -0.05) is 35.9 Å². The Morgan fingerprint density at radius 1 is 1.15 bits per heavy atom. The minimum atomic E-state index is -0.556. The quantitative estimate of drug-likeness (QED) is 0.761. The molecule has 1 aromatic heterocycles. The monoisotopic (exact) mass is 373 g/mol. The summed E-state index contributed by atoms with van der Waals surface area (Å²) in [4.78, 5) is 25.1. The van der Waals surface area contributed by atoms with E-state index in [9.17, 15) is 14.0 Å². The molecule has 0 aliphatic heterocycles. The molecule has 134 valence electrons. The molecular formula is C19H17ClFN3O2. The molecule has 0 aliphatic carbocycles. The van der Waals surface area contributed by atoms with Crippen molar-refractivity contribution in [3.63, 3.8) is 0 Å². The summed E-state index contributed by atoms with van der Waals surface area (Å²) in [5, 5.41) is 2.77. The Labute approximate surface area is 154 Å². The Balaban J connectivity index is 1.91. The predicted molar refractivity (Wildman–Crippen MR) is 99.5 cm³/mol. The van der Waals surface area contributed by atoms with Crippen molar-refractivity contribution < 1.29 is 9.18 Å².